The van der Waals surface area contributed by atoms with Crippen molar-refractivity contribution in [3.8, 4) is 5.75 Å². The van der Waals surface area contributed by atoms with Gasteiger partial charge in [-0.15, -0.1) is 0 Å². The molecule has 1 aliphatic rings. The van der Waals surface area contributed by atoms with Gasteiger partial charge in [0.05, 0.1) is 12.0 Å². The van der Waals surface area contributed by atoms with Crippen LogP contribution < -0.4 is 10.1 Å². The molecular formula is C16H20FN3O3. The van der Waals surface area contributed by atoms with E-state index in [1.807, 2.05) is 0 Å². The number of benzene rings is 1. The number of nitrogens with one attached hydrogen (secondary N) is 1. The monoisotopic (exact) mass is 321 g/mol. The largest absolute Gasteiger partial charge is 0.482 e. The lowest BCUT2D eigenvalue weighted by molar-refractivity contribution is 0.0849. The van der Waals surface area contributed by atoms with Gasteiger partial charge in [0.15, 0.2) is 18.2 Å². The average Bonchev–Trinajstić information content (AvgIpc) is 3.05. The normalized spacial score (nSPS) is 17.1. The number of nitrogens with zero attached hydrogens (tertiary/aromatic N) is 2. The lowest BCUT2D eigenvalue weighted by Crippen LogP contribution is -2.43. The molecule has 7 heteroatoms. The maximum Gasteiger partial charge on any atom is 0.235 e. The van der Waals surface area contributed by atoms with Crippen LogP contribution in [0.4, 0.5) is 4.39 Å². The van der Waals surface area contributed by atoms with E-state index in [0.29, 0.717) is 18.3 Å². The highest BCUT2D eigenvalue weighted by Crippen LogP contribution is 2.32. The molecule has 2 aromatic rings. The molecule has 1 saturated heterocycles. The number of hydrogen-bond donors (Lipinski definition) is 1. The van der Waals surface area contributed by atoms with Crippen molar-refractivity contribution in [3.05, 3.63) is 41.8 Å². The molecule has 0 atom stereocenters. The summed E-state index contributed by atoms with van der Waals surface area (Å²) in [4.78, 5) is 4.44. The number of ether oxygens (including phenoxy) is 2. The third-order valence-corrected chi connectivity index (χ3v) is 4.10. The molecule has 1 fully saturated rings. The Kier molecular flexibility index (Phi) is 4.88. The van der Waals surface area contributed by atoms with E-state index in [2.05, 4.69) is 15.5 Å². The highest BCUT2D eigenvalue weighted by molar-refractivity contribution is 5.23. The highest BCUT2D eigenvalue weighted by Gasteiger charge is 2.39. The van der Waals surface area contributed by atoms with Crippen LogP contribution in [0, 0.1) is 5.82 Å². The van der Waals surface area contributed by atoms with Crippen molar-refractivity contribution in [2.24, 2.45) is 0 Å². The second-order valence-corrected chi connectivity index (χ2v) is 5.70. The molecule has 0 aliphatic carbocycles. The molecule has 1 N–H and O–H groups in total. The smallest absolute Gasteiger partial charge is 0.235 e. The summed E-state index contributed by atoms with van der Waals surface area (Å²) in [5.74, 6) is 0.725. The predicted molar refractivity (Wildman–Crippen MR) is 80.7 cm³/mol. The summed E-state index contributed by atoms with van der Waals surface area (Å²) in [6.07, 6.45) is 1.74. The minimum atomic E-state index is -0.412. The molecule has 3 rings (SSSR count). The topological polar surface area (TPSA) is 69.4 Å². The number of hydrogen-bond acceptors (Lipinski definition) is 6. The standard InChI is InChI=1S/C16H20FN3O3/c1-21-11-16(6-8-18-9-7-16)15-19-14(20-23-15)10-22-13-5-3-2-4-12(13)17/h2-5,18H,6-11H2,1H3. The predicted octanol–water partition coefficient (Wildman–Crippen LogP) is 2.06. The third-order valence-electron chi connectivity index (χ3n) is 4.10. The summed E-state index contributed by atoms with van der Waals surface area (Å²) in [6, 6.07) is 6.23. The Morgan fingerprint density at radius 2 is 2.09 bits per heavy atom. The molecule has 2 heterocycles. The van der Waals surface area contributed by atoms with Gasteiger partial charge in [-0.05, 0) is 38.1 Å². The maximum atomic E-state index is 13.5. The SMILES string of the molecule is COCC1(c2nc(COc3ccccc3F)no2)CCNCC1. The van der Waals surface area contributed by atoms with Crippen LogP contribution in [-0.2, 0) is 16.8 Å². The van der Waals surface area contributed by atoms with Gasteiger partial charge in [-0.3, -0.25) is 0 Å². The fraction of sp³-hybridized carbons (Fsp3) is 0.500. The van der Waals surface area contributed by atoms with Gasteiger partial charge in [-0.1, -0.05) is 17.3 Å². The van der Waals surface area contributed by atoms with Crippen molar-refractivity contribution in [2.45, 2.75) is 24.9 Å². The van der Waals surface area contributed by atoms with Crippen molar-refractivity contribution in [2.75, 3.05) is 26.8 Å². The number of rotatable bonds is 6. The van der Waals surface area contributed by atoms with Gasteiger partial charge >= 0.3 is 0 Å². The van der Waals surface area contributed by atoms with Gasteiger partial charge < -0.3 is 19.3 Å². The maximum absolute atomic E-state index is 13.5. The molecular weight excluding hydrogens is 301 g/mol. The molecule has 1 aromatic heterocycles. The van der Waals surface area contributed by atoms with Crippen molar-refractivity contribution < 1.29 is 18.4 Å². The first-order valence-electron chi connectivity index (χ1n) is 7.63. The summed E-state index contributed by atoms with van der Waals surface area (Å²) in [5.41, 5.74) is -0.261. The van der Waals surface area contributed by atoms with Crippen LogP contribution in [0.3, 0.4) is 0 Å². The first-order chi connectivity index (χ1) is 11.2. The van der Waals surface area contributed by atoms with Gasteiger partial charge in [0.1, 0.15) is 0 Å². The Hall–Kier alpha value is -1.99. The zero-order valence-corrected chi connectivity index (χ0v) is 13.0. The van der Waals surface area contributed by atoms with Crippen molar-refractivity contribution >= 4 is 0 Å². The van der Waals surface area contributed by atoms with Crippen LogP contribution in [0.2, 0.25) is 0 Å². The number of methoxy groups -OCH3 is 1. The van der Waals surface area contributed by atoms with Crippen molar-refractivity contribution in [3.63, 3.8) is 0 Å². The lowest BCUT2D eigenvalue weighted by Gasteiger charge is -2.33. The summed E-state index contributed by atoms with van der Waals surface area (Å²) in [7, 11) is 1.67. The summed E-state index contributed by atoms with van der Waals surface area (Å²) in [5, 5.41) is 7.27. The minimum absolute atomic E-state index is 0.0613. The molecule has 0 saturated carbocycles. The van der Waals surface area contributed by atoms with Crippen LogP contribution in [0.1, 0.15) is 24.6 Å². The first-order valence-corrected chi connectivity index (χ1v) is 7.63. The minimum Gasteiger partial charge on any atom is -0.482 e. The molecule has 23 heavy (non-hydrogen) atoms. The lowest BCUT2D eigenvalue weighted by atomic mass is 9.79. The van der Waals surface area contributed by atoms with E-state index in [1.165, 1.54) is 6.07 Å². The Balaban J connectivity index is 1.70. The van der Waals surface area contributed by atoms with E-state index in [1.54, 1.807) is 25.3 Å². The van der Waals surface area contributed by atoms with Crippen LogP contribution in [0.5, 0.6) is 5.75 Å². The zero-order chi connectivity index (χ0) is 16.1. The van der Waals surface area contributed by atoms with E-state index in [-0.39, 0.29) is 17.8 Å². The Bertz CT molecular complexity index is 635. The average molecular weight is 321 g/mol. The van der Waals surface area contributed by atoms with Crippen LogP contribution >= 0.6 is 0 Å². The Morgan fingerprint density at radius 3 is 2.83 bits per heavy atom. The molecule has 0 radical (unpaired) electrons. The van der Waals surface area contributed by atoms with Gasteiger partial charge in [0, 0.05) is 7.11 Å². The molecule has 6 nitrogen and oxygen atoms in total. The van der Waals surface area contributed by atoms with Crippen LogP contribution in [0.25, 0.3) is 0 Å². The molecule has 1 aromatic carbocycles. The first kappa shape index (κ1) is 15.9. The summed E-state index contributed by atoms with van der Waals surface area (Å²) >= 11 is 0. The molecule has 0 bridgehead atoms. The van der Waals surface area contributed by atoms with E-state index < -0.39 is 5.82 Å². The molecule has 0 spiro atoms. The van der Waals surface area contributed by atoms with Crippen LogP contribution in [-0.4, -0.2) is 36.9 Å². The molecule has 1 aliphatic heterocycles. The number of aromatic nitrogens is 2. The summed E-state index contributed by atoms with van der Waals surface area (Å²) < 4.78 is 29.7. The van der Waals surface area contributed by atoms with Gasteiger partial charge in [-0.2, -0.15) is 4.98 Å². The van der Waals surface area contributed by atoms with E-state index in [0.717, 1.165) is 25.9 Å². The second-order valence-electron chi connectivity index (χ2n) is 5.70. The number of halogens is 1. The van der Waals surface area contributed by atoms with Gasteiger partial charge in [-0.25, -0.2) is 4.39 Å². The molecule has 0 amide bonds. The Labute approximate surface area is 134 Å². The zero-order valence-electron chi connectivity index (χ0n) is 13.0. The van der Waals surface area contributed by atoms with Crippen molar-refractivity contribution in [1.82, 2.24) is 15.5 Å². The van der Waals surface area contributed by atoms with E-state index in [4.69, 9.17) is 14.0 Å². The van der Waals surface area contributed by atoms with Gasteiger partial charge in [0.25, 0.3) is 0 Å². The van der Waals surface area contributed by atoms with Gasteiger partial charge in [0.2, 0.25) is 11.7 Å². The van der Waals surface area contributed by atoms with Crippen LogP contribution in [0.15, 0.2) is 28.8 Å². The second kappa shape index (κ2) is 7.06. The fourth-order valence-electron chi connectivity index (χ4n) is 2.83. The fourth-order valence-corrected chi connectivity index (χ4v) is 2.83. The molecule has 124 valence electrons. The van der Waals surface area contributed by atoms with Crippen molar-refractivity contribution in [1.29, 1.82) is 0 Å². The highest BCUT2D eigenvalue weighted by atomic mass is 19.1. The summed E-state index contributed by atoms with van der Waals surface area (Å²) in [6.45, 7) is 2.36. The number of para-hydroxylation sites is 1. The third kappa shape index (κ3) is 3.51. The van der Waals surface area contributed by atoms with E-state index >= 15 is 0 Å². The molecule has 0 unspecified atom stereocenters. The quantitative estimate of drug-likeness (QED) is 0.878. The van der Waals surface area contributed by atoms with E-state index in [9.17, 15) is 4.39 Å². The Morgan fingerprint density at radius 1 is 1.30 bits per heavy atom. The number of piperidine rings is 1.